The number of aromatic nitrogens is 2. The fraction of sp³-hybridized carbons (Fsp3) is 0.429. The van der Waals surface area contributed by atoms with Gasteiger partial charge < -0.3 is 14.4 Å². The molecule has 3 rings (SSSR count). The number of aryl methyl sites for hydroxylation is 2. The Morgan fingerprint density at radius 3 is 2.79 bits per heavy atom. The number of hydrogen-bond acceptors (Lipinski definition) is 5. The van der Waals surface area contributed by atoms with Crippen LogP contribution in [0.3, 0.4) is 0 Å². The van der Waals surface area contributed by atoms with E-state index in [0.29, 0.717) is 18.9 Å². The molecule has 0 radical (unpaired) electrons. The maximum atomic E-state index is 9.21. The van der Waals surface area contributed by atoms with Gasteiger partial charge >= 0.3 is 0 Å². The van der Waals surface area contributed by atoms with Crippen LogP contribution in [0.5, 0.6) is 5.75 Å². The molecule has 2 aromatic rings. The zero-order chi connectivity index (χ0) is 13.1. The SMILES string of the molecule is Oc1ccc(CCc2nc([C@H]3CCOC3)no2)cc1. The summed E-state index contributed by atoms with van der Waals surface area (Å²) in [5, 5.41) is 13.2. The van der Waals surface area contributed by atoms with Crippen LogP contribution in [0.1, 0.15) is 29.6 Å². The van der Waals surface area contributed by atoms with Crippen LogP contribution in [0.4, 0.5) is 0 Å². The molecule has 1 aliphatic heterocycles. The number of ether oxygens (including phenoxy) is 1. The minimum atomic E-state index is 0.282. The molecular formula is C14H16N2O3. The molecule has 19 heavy (non-hydrogen) atoms. The van der Waals surface area contributed by atoms with E-state index in [2.05, 4.69) is 10.1 Å². The molecule has 1 fully saturated rings. The van der Waals surface area contributed by atoms with Gasteiger partial charge in [0.1, 0.15) is 5.75 Å². The summed E-state index contributed by atoms with van der Waals surface area (Å²) in [5.74, 6) is 1.99. The molecule has 100 valence electrons. The third-order valence-electron chi connectivity index (χ3n) is 3.34. The highest BCUT2D eigenvalue weighted by Crippen LogP contribution is 2.22. The first-order valence-corrected chi connectivity index (χ1v) is 6.49. The van der Waals surface area contributed by atoms with Crippen LogP contribution in [-0.4, -0.2) is 28.5 Å². The first kappa shape index (κ1) is 12.2. The van der Waals surface area contributed by atoms with Crippen molar-refractivity contribution in [3.8, 4) is 5.75 Å². The minimum Gasteiger partial charge on any atom is -0.508 e. The van der Waals surface area contributed by atoms with E-state index in [1.807, 2.05) is 12.1 Å². The first-order valence-electron chi connectivity index (χ1n) is 6.49. The summed E-state index contributed by atoms with van der Waals surface area (Å²) in [4.78, 5) is 4.42. The van der Waals surface area contributed by atoms with E-state index in [1.54, 1.807) is 12.1 Å². The summed E-state index contributed by atoms with van der Waals surface area (Å²) in [6.07, 6.45) is 2.51. The normalized spacial score (nSPS) is 18.8. The van der Waals surface area contributed by atoms with Gasteiger partial charge in [0.05, 0.1) is 6.61 Å². The lowest BCUT2D eigenvalue weighted by Gasteiger charge is -1.99. The highest BCUT2D eigenvalue weighted by atomic mass is 16.5. The van der Waals surface area contributed by atoms with Crippen molar-refractivity contribution in [3.05, 3.63) is 41.5 Å². The second-order valence-electron chi connectivity index (χ2n) is 4.77. The molecule has 0 spiro atoms. The van der Waals surface area contributed by atoms with E-state index in [4.69, 9.17) is 9.26 Å². The monoisotopic (exact) mass is 260 g/mol. The Kier molecular flexibility index (Phi) is 3.46. The van der Waals surface area contributed by atoms with E-state index >= 15 is 0 Å². The van der Waals surface area contributed by atoms with E-state index in [1.165, 1.54) is 0 Å². The van der Waals surface area contributed by atoms with Gasteiger partial charge in [-0.15, -0.1) is 0 Å². The molecule has 1 saturated heterocycles. The molecule has 0 aliphatic carbocycles. The first-order chi connectivity index (χ1) is 9.31. The predicted molar refractivity (Wildman–Crippen MR) is 68.0 cm³/mol. The lowest BCUT2D eigenvalue weighted by Crippen LogP contribution is -2.00. The molecule has 0 saturated carbocycles. The van der Waals surface area contributed by atoms with Crippen molar-refractivity contribution in [1.29, 1.82) is 0 Å². The Morgan fingerprint density at radius 2 is 2.05 bits per heavy atom. The van der Waals surface area contributed by atoms with Gasteiger partial charge in [-0.2, -0.15) is 4.98 Å². The van der Waals surface area contributed by atoms with Crippen LogP contribution in [0.25, 0.3) is 0 Å². The van der Waals surface area contributed by atoms with Crippen molar-refractivity contribution >= 4 is 0 Å². The van der Waals surface area contributed by atoms with Crippen LogP contribution in [0.15, 0.2) is 28.8 Å². The maximum absolute atomic E-state index is 9.21. The van der Waals surface area contributed by atoms with Crippen LogP contribution >= 0.6 is 0 Å². The van der Waals surface area contributed by atoms with Crippen molar-refractivity contribution < 1.29 is 14.4 Å². The Balaban J connectivity index is 1.59. The topological polar surface area (TPSA) is 68.4 Å². The highest BCUT2D eigenvalue weighted by Gasteiger charge is 2.22. The highest BCUT2D eigenvalue weighted by molar-refractivity contribution is 5.26. The van der Waals surface area contributed by atoms with E-state index in [0.717, 1.165) is 30.8 Å². The second-order valence-corrected chi connectivity index (χ2v) is 4.77. The zero-order valence-corrected chi connectivity index (χ0v) is 10.6. The van der Waals surface area contributed by atoms with Crippen molar-refractivity contribution in [2.24, 2.45) is 0 Å². The van der Waals surface area contributed by atoms with Gasteiger partial charge in [-0.05, 0) is 30.5 Å². The molecular weight excluding hydrogens is 244 g/mol. The molecule has 0 unspecified atom stereocenters. The summed E-state index contributed by atoms with van der Waals surface area (Å²) < 4.78 is 10.6. The Bertz CT molecular complexity index is 530. The largest absolute Gasteiger partial charge is 0.508 e. The van der Waals surface area contributed by atoms with Gasteiger partial charge in [0.15, 0.2) is 5.82 Å². The fourth-order valence-corrected chi connectivity index (χ4v) is 2.19. The predicted octanol–water partition coefficient (Wildman–Crippen LogP) is 2.06. The standard InChI is InChI=1S/C14H16N2O3/c17-12-4-1-10(2-5-12)3-6-13-15-14(16-19-13)11-7-8-18-9-11/h1-2,4-5,11,17H,3,6-9H2/t11-/m0/s1. The molecule has 1 N–H and O–H groups in total. The van der Waals surface area contributed by atoms with E-state index in [9.17, 15) is 5.11 Å². The molecule has 5 nitrogen and oxygen atoms in total. The molecule has 1 atom stereocenters. The third kappa shape index (κ3) is 2.93. The number of hydrogen-bond donors (Lipinski definition) is 1. The number of benzene rings is 1. The van der Waals surface area contributed by atoms with E-state index < -0.39 is 0 Å². The quantitative estimate of drug-likeness (QED) is 0.911. The van der Waals surface area contributed by atoms with Gasteiger partial charge in [-0.25, -0.2) is 0 Å². The smallest absolute Gasteiger partial charge is 0.226 e. The van der Waals surface area contributed by atoms with E-state index in [-0.39, 0.29) is 11.7 Å². The van der Waals surface area contributed by atoms with Gasteiger partial charge in [-0.1, -0.05) is 17.3 Å². The van der Waals surface area contributed by atoms with Gasteiger partial charge in [0.2, 0.25) is 5.89 Å². The van der Waals surface area contributed by atoms with Crippen LogP contribution in [-0.2, 0) is 17.6 Å². The fourth-order valence-electron chi connectivity index (χ4n) is 2.19. The number of nitrogens with zero attached hydrogens (tertiary/aromatic N) is 2. The maximum Gasteiger partial charge on any atom is 0.226 e. The number of rotatable bonds is 4. The summed E-state index contributed by atoms with van der Waals surface area (Å²) in [6.45, 7) is 1.47. The molecule has 1 aliphatic rings. The van der Waals surface area contributed by atoms with Crippen molar-refractivity contribution in [1.82, 2.24) is 10.1 Å². The Morgan fingerprint density at radius 1 is 1.21 bits per heavy atom. The average Bonchev–Trinajstić information content (AvgIpc) is 3.09. The number of phenols is 1. The zero-order valence-electron chi connectivity index (χ0n) is 10.6. The molecule has 2 heterocycles. The Hall–Kier alpha value is -1.88. The molecule has 1 aromatic heterocycles. The van der Waals surface area contributed by atoms with Gasteiger partial charge in [0.25, 0.3) is 0 Å². The number of phenolic OH excluding ortho intramolecular Hbond substituents is 1. The summed E-state index contributed by atoms with van der Waals surface area (Å²) in [5.41, 5.74) is 1.14. The third-order valence-corrected chi connectivity index (χ3v) is 3.34. The minimum absolute atomic E-state index is 0.282. The Labute approximate surface area is 111 Å². The van der Waals surface area contributed by atoms with Crippen molar-refractivity contribution in [2.75, 3.05) is 13.2 Å². The lowest BCUT2D eigenvalue weighted by atomic mass is 10.1. The van der Waals surface area contributed by atoms with Crippen LogP contribution in [0.2, 0.25) is 0 Å². The van der Waals surface area contributed by atoms with Gasteiger partial charge in [-0.3, -0.25) is 0 Å². The number of aromatic hydroxyl groups is 1. The van der Waals surface area contributed by atoms with Crippen molar-refractivity contribution in [2.45, 2.75) is 25.2 Å². The van der Waals surface area contributed by atoms with Crippen LogP contribution < -0.4 is 0 Å². The lowest BCUT2D eigenvalue weighted by molar-refractivity contribution is 0.192. The van der Waals surface area contributed by atoms with Gasteiger partial charge in [0, 0.05) is 18.9 Å². The summed E-state index contributed by atoms with van der Waals surface area (Å²) in [7, 11) is 0. The molecule has 0 bridgehead atoms. The van der Waals surface area contributed by atoms with Crippen molar-refractivity contribution in [3.63, 3.8) is 0 Å². The molecule has 5 heteroatoms. The summed E-state index contributed by atoms with van der Waals surface area (Å²) >= 11 is 0. The molecule has 1 aromatic carbocycles. The average molecular weight is 260 g/mol. The van der Waals surface area contributed by atoms with Crippen LogP contribution in [0, 0.1) is 0 Å². The second kappa shape index (κ2) is 5.40. The molecule has 0 amide bonds. The summed E-state index contributed by atoms with van der Waals surface area (Å²) in [6, 6.07) is 7.17.